The molecule has 0 aliphatic heterocycles. The summed E-state index contributed by atoms with van der Waals surface area (Å²) in [6.07, 6.45) is 6.43. The molecule has 33 heavy (non-hydrogen) atoms. The molecular formula is C23H25N3O6S. The minimum Gasteiger partial charge on any atom is -0.465 e. The molecule has 0 atom stereocenters. The van der Waals surface area contributed by atoms with Crippen LogP contribution in [0.4, 0.5) is 5.82 Å². The molecule has 1 aromatic heterocycles. The summed E-state index contributed by atoms with van der Waals surface area (Å²) in [6.45, 7) is 0. The second-order valence-electron chi connectivity index (χ2n) is 8.10. The van der Waals surface area contributed by atoms with Crippen LogP contribution in [0.25, 0.3) is 0 Å². The molecule has 4 rings (SSSR count). The van der Waals surface area contributed by atoms with Crippen molar-refractivity contribution < 1.29 is 27.6 Å². The molecule has 2 aliphatic carbocycles. The first-order chi connectivity index (χ1) is 15.9. The summed E-state index contributed by atoms with van der Waals surface area (Å²) in [6, 6.07) is 9.05. The van der Waals surface area contributed by atoms with Gasteiger partial charge in [-0.15, -0.1) is 0 Å². The Labute approximate surface area is 192 Å². The van der Waals surface area contributed by atoms with Crippen molar-refractivity contribution in [3.8, 4) is 0 Å². The number of esters is 1. The van der Waals surface area contributed by atoms with E-state index in [0.29, 0.717) is 18.4 Å². The molecule has 9 nitrogen and oxygen atoms in total. The average Bonchev–Trinajstić information content (AvgIpc) is 3.57. The smallest absolute Gasteiger partial charge is 0.339 e. The summed E-state index contributed by atoms with van der Waals surface area (Å²) < 4.78 is 29.6. The summed E-state index contributed by atoms with van der Waals surface area (Å²) in [7, 11) is -2.07. The Morgan fingerprint density at radius 2 is 1.67 bits per heavy atom. The first kappa shape index (κ1) is 22.9. The fourth-order valence-corrected chi connectivity index (χ4v) is 5.26. The molecule has 10 heteroatoms. The molecule has 0 bridgehead atoms. The zero-order chi connectivity index (χ0) is 23.4. The molecule has 2 aliphatic rings. The van der Waals surface area contributed by atoms with Crippen LogP contribution in [-0.4, -0.2) is 49.5 Å². The second-order valence-corrected chi connectivity index (χ2v) is 10.3. The van der Waals surface area contributed by atoms with E-state index in [1.165, 1.54) is 37.6 Å². The van der Waals surface area contributed by atoms with Crippen LogP contribution in [0.1, 0.15) is 54.4 Å². The first-order valence-electron chi connectivity index (χ1n) is 10.8. The van der Waals surface area contributed by atoms with Gasteiger partial charge in [0.1, 0.15) is 11.9 Å². The summed E-state index contributed by atoms with van der Waals surface area (Å²) in [5.74, 6) is -0.882. The number of carbonyl (C=O) groups excluding carboxylic acids is 2. The van der Waals surface area contributed by atoms with Crippen molar-refractivity contribution >= 4 is 33.2 Å². The number of hydrogen-bond acceptors (Lipinski definition) is 8. The molecule has 1 amide bonds. The van der Waals surface area contributed by atoms with E-state index in [4.69, 9.17) is 4.84 Å². The van der Waals surface area contributed by atoms with Gasteiger partial charge >= 0.3 is 5.97 Å². The molecule has 2 fully saturated rings. The summed E-state index contributed by atoms with van der Waals surface area (Å²) in [4.78, 5) is 34.5. The Hall–Kier alpha value is -3.27. The van der Waals surface area contributed by atoms with E-state index in [2.05, 4.69) is 20.2 Å². The van der Waals surface area contributed by atoms with E-state index in [-0.39, 0.29) is 33.3 Å². The number of sulfone groups is 1. The van der Waals surface area contributed by atoms with Gasteiger partial charge in [0.15, 0.2) is 15.5 Å². The third kappa shape index (κ3) is 5.39. The van der Waals surface area contributed by atoms with Gasteiger partial charge in [0.25, 0.3) is 5.91 Å². The fraction of sp³-hybridized carbons (Fsp3) is 0.391. The Morgan fingerprint density at radius 1 is 1.00 bits per heavy atom. The number of oxime groups is 1. The number of rotatable bonds is 8. The van der Waals surface area contributed by atoms with Crippen LogP contribution in [0, 0.1) is 0 Å². The van der Waals surface area contributed by atoms with Gasteiger partial charge in [-0.3, -0.25) is 4.79 Å². The summed E-state index contributed by atoms with van der Waals surface area (Å²) >= 11 is 0. The van der Waals surface area contributed by atoms with Gasteiger partial charge in [-0.05, 0) is 62.8 Å². The molecule has 1 aromatic carbocycles. The standard InChI is InChI=1S/C23H25N3O6S/c1-31-23(28)16-8-13-20(24-14-16)25-22(27)21(26-32-17-4-2-3-5-17)15-6-9-18(10-7-15)33(29,30)19-11-12-19/h6-10,13-14,17,19H,2-5,11-12H2,1H3,(H,24,25,27). The van der Waals surface area contributed by atoms with E-state index < -0.39 is 21.7 Å². The lowest BCUT2D eigenvalue weighted by atomic mass is 10.1. The van der Waals surface area contributed by atoms with Gasteiger partial charge in [0.2, 0.25) is 0 Å². The van der Waals surface area contributed by atoms with Gasteiger partial charge in [0.05, 0.1) is 22.8 Å². The number of hydrogen-bond donors (Lipinski definition) is 1. The Balaban J connectivity index is 1.55. The van der Waals surface area contributed by atoms with Gasteiger partial charge in [-0.25, -0.2) is 18.2 Å². The Bertz CT molecular complexity index is 1150. The summed E-state index contributed by atoms with van der Waals surface area (Å²) in [5, 5.41) is 6.45. The van der Waals surface area contributed by atoms with Gasteiger partial charge in [0, 0.05) is 11.8 Å². The lowest BCUT2D eigenvalue weighted by Crippen LogP contribution is -2.25. The number of pyridine rings is 1. The lowest BCUT2D eigenvalue weighted by Gasteiger charge is -2.12. The highest BCUT2D eigenvalue weighted by Crippen LogP contribution is 2.33. The third-order valence-electron chi connectivity index (χ3n) is 5.66. The predicted molar refractivity (Wildman–Crippen MR) is 121 cm³/mol. The van der Waals surface area contributed by atoms with E-state index in [1.54, 1.807) is 12.1 Å². The maximum atomic E-state index is 13.0. The fourth-order valence-electron chi connectivity index (χ4n) is 3.60. The topological polar surface area (TPSA) is 124 Å². The Kier molecular flexibility index (Phi) is 6.73. The summed E-state index contributed by atoms with van der Waals surface area (Å²) in [5.41, 5.74) is 0.684. The van der Waals surface area contributed by atoms with Gasteiger partial charge < -0.3 is 14.9 Å². The quantitative estimate of drug-likeness (QED) is 0.356. The number of nitrogens with one attached hydrogen (secondary N) is 1. The zero-order valence-corrected chi connectivity index (χ0v) is 19.0. The maximum Gasteiger partial charge on any atom is 0.339 e. The number of carbonyl (C=O) groups is 2. The monoisotopic (exact) mass is 471 g/mol. The van der Waals surface area contributed by atoms with E-state index >= 15 is 0 Å². The van der Waals surface area contributed by atoms with Crippen LogP contribution in [0.15, 0.2) is 52.6 Å². The number of benzene rings is 1. The highest BCUT2D eigenvalue weighted by atomic mass is 32.2. The van der Waals surface area contributed by atoms with Gasteiger partial charge in [-0.1, -0.05) is 17.3 Å². The minimum absolute atomic E-state index is 0.0103. The first-order valence-corrected chi connectivity index (χ1v) is 12.4. The van der Waals surface area contributed by atoms with Crippen molar-refractivity contribution in [1.29, 1.82) is 0 Å². The molecule has 0 spiro atoms. The Morgan fingerprint density at radius 3 is 2.24 bits per heavy atom. The van der Waals surface area contributed by atoms with E-state index in [0.717, 1.165) is 25.7 Å². The van der Waals surface area contributed by atoms with Crippen LogP contribution < -0.4 is 5.32 Å². The normalized spacial score (nSPS) is 16.9. The third-order valence-corrected chi connectivity index (χ3v) is 7.93. The molecule has 2 aromatic rings. The van der Waals surface area contributed by atoms with E-state index in [9.17, 15) is 18.0 Å². The molecule has 0 saturated heterocycles. The van der Waals surface area contributed by atoms with Crippen molar-refractivity contribution in [3.05, 3.63) is 53.7 Å². The van der Waals surface area contributed by atoms with Crippen LogP contribution in [-0.2, 0) is 24.2 Å². The molecule has 1 N–H and O–H groups in total. The van der Waals surface area contributed by atoms with Crippen LogP contribution in [0.5, 0.6) is 0 Å². The predicted octanol–water partition coefficient (Wildman–Crippen LogP) is 3.11. The van der Waals surface area contributed by atoms with Crippen molar-refractivity contribution in [2.24, 2.45) is 5.16 Å². The number of amides is 1. The van der Waals surface area contributed by atoms with E-state index in [1.807, 2.05) is 0 Å². The molecule has 1 heterocycles. The van der Waals surface area contributed by atoms with Crippen LogP contribution in [0.3, 0.4) is 0 Å². The van der Waals surface area contributed by atoms with Gasteiger partial charge in [-0.2, -0.15) is 0 Å². The number of aromatic nitrogens is 1. The average molecular weight is 472 g/mol. The SMILES string of the molecule is COC(=O)c1ccc(NC(=O)C(=NOC2CCCC2)c2ccc(S(=O)(=O)C3CC3)cc2)nc1. The number of methoxy groups -OCH3 is 1. The second kappa shape index (κ2) is 9.70. The number of anilines is 1. The molecular weight excluding hydrogens is 446 g/mol. The lowest BCUT2D eigenvalue weighted by molar-refractivity contribution is -0.110. The molecule has 0 unspecified atom stereocenters. The largest absolute Gasteiger partial charge is 0.465 e. The highest BCUT2D eigenvalue weighted by Gasteiger charge is 2.36. The molecule has 0 radical (unpaired) electrons. The maximum absolute atomic E-state index is 13.0. The van der Waals surface area contributed by atoms with Crippen molar-refractivity contribution in [2.75, 3.05) is 12.4 Å². The van der Waals surface area contributed by atoms with Crippen molar-refractivity contribution in [1.82, 2.24) is 4.98 Å². The van der Waals surface area contributed by atoms with Crippen molar-refractivity contribution in [2.45, 2.75) is 54.8 Å². The van der Waals surface area contributed by atoms with Crippen LogP contribution in [0.2, 0.25) is 0 Å². The van der Waals surface area contributed by atoms with Crippen LogP contribution >= 0.6 is 0 Å². The number of nitrogens with zero attached hydrogens (tertiary/aromatic N) is 2. The van der Waals surface area contributed by atoms with Crippen molar-refractivity contribution in [3.63, 3.8) is 0 Å². The zero-order valence-electron chi connectivity index (χ0n) is 18.2. The number of ether oxygens (including phenoxy) is 1. The highest BCUT2D eigenvalue weighted by molar-refractivity contribution is 7.92. The minimum atomic E-state index is -3.34. The molecule has 2 saturated carbocycles. The molecule has 174 valence electrons.